The molecular formula is C11H21N3O3. The second-order valence-corrected chi connectivity index (χ2v) is 5.10. The molecule has 3 N–H and O–H groups in total. The van der Waals surface area contributed by atoms with Crippen LogP contribution in [-0.2, 0) is 14.3 Å². The van der Waals surface area contributed by atoms with Gasteiger partial charge in [-0.3, -0.25) is 9.59 Å². The largest absolute Gasteiger partial charge is 0.378 e. The predicted octanol–water partition coefficient (Wildman–Crippen LogP) is -0.994. The van der Waals surface area contributed by atoms with E-state index in [-0.39, 0.29) is 29.9 Å². The molecule has 17 heavy (non-hydrogen) atoms. The number of morpholine rings is 1. The summed E-state index contributed by atoms with van der Waals surface area (Å²) in [5.41, 5.74) is -0.284. The van der Waals surface area contributed by atoms with Crippen molar-refractivity contribution in [3.05, 3.63) is 0 Å². The lowest BCUT2D eigenvalue weighted by atomic mass is 10.1. The van der Waals surface area contributed by atoms with Crippen molar-refractivity contribution in [1.82, 2.24) is 16.0 Å². The first-order valence-corrected chi connectivity index (χ1v) is 5.78. The highest BCUT2D eigenvalue weighted by atomic mass is 16.5. The Morgan fingerprint density at radius 3 is 2.65 bits per heavy atom. The summed E-state index contributed by atoms with van der Waals surface area (Å²) in [7, 11) is 0. The number of amides is 2. The molecule has 98 valence electrons. The van der Waals surface area contributed by atoms with E-state index >= 15 is 0 Å². The van der Waals surface area contributed by atoms with E-state index in [0.717, 1.165) is 0 Å². The van der Waals surface area contributed by atoms with Crippen LogP contribution in [0.3, 0.4) is 0 Å². The fourth-order valence-electron chi connectivity index (χ4n) is 1.49. The van der Waals surface area contributed by atoms with Gasteiger partial charge in [-0.25, -0.2) is 0 Å². The summed E-state index contributed by atoms with van der Waals surface area (Å²) < 4.78 is 5.17. The van der Waals surface area contributed by atoms with Crippen LogP contribution in [0.1, 0.15) is 20.8 Å². The maximum Gasteiger partial charge on any atom is 0.239 e. The van der Waals surface area contributed by atoms with Gasteiger partial charge in [0, 0.05) is 12.1 Å². The molecule has 0 aliphatic carbocycles. The van der Waals surface area contributed by atoms with Gasteiger partial charge in [0.25, 0.3) is 0 Å². The summed E-state index contributed by atoms with van der Waals surface area (Å²) >= 11 is 0. The first-order valence-electron chi connectivity index (χ1n) is 5.78. The molecule has 0 saturated carbocycles. The lowest BCUT2D eigenvalue weighted by Gasteiger charge is -2.24. The molecule has 1 rings (SSSR count). The molecule has 0 aromatic rings. The van der Waals surface area contributed by atoms with Crippen molar-refractivity contribution < 1.29 is 14.3 Å². The fourth-order valence-corrected chi connectivity index (χ4v) is 1.49. The minimum absolute atomic E-state index is 0.00567. The third-order valence-electron chi connectivity index (χ3n) is 2.18. The molecule has 1 aliphatic rings. The summed E-state index contributed by atoms with van der Waals surface area (Å²) in [4.78, 5) is 23.1. The normalized spacial score (nSPS) is 20.8. The minimum atomic E-state index is -0.355. The standard InChI is InChI=1S/C11H21N3O3/c1-11(2,3)14-9(15)6-13-10(16)8-7-17-5-4-12-8/h8,12H,4-7H2,1-3H3,(H,13,16)(H,14,15). The topological polar surface area (TPSA) is 79.5 Å². The van der Waals surface area contributed by atoms with Gasteiger partial charge >= 0.3 is 0 Å². The Balaban J connectivity index is 2.25. The summed E-state index contributed by atoms with van der Waals surface area (Å²) in [5.74, 6) is -0.392. The molecular weight excluding hydrogens is 222 g/mol. The number of ether oxygens (including phenoxy) is 1. The van der Waals surface area contributed by atoms with E-state index in [1.165, 1.54) is 0 Å². The quantitative estimate of drug-likeness (QED) is 0.594. The van der Waals surface area contributed by atoms with Gasteiger partial charge in [-0.1, -0.05) is 0 Å². The highest BCUT2D eigenvalue weighted by Crippen LogP contribution is 1.97. The molecule has 6 nitrogen and oxygen atoms in total. The van der Waals surface area contributed by atoms with Crippen LogP contribution in [0, 0.1) is 0 Å². The molecule has 1 atom stereocenters. The van der Waals surface area contributed by atoms with Crippen molar-refractivity contribution in [2.75, 3.05) is 26.3 Å². The zero-order valence-corrected chi connectivity index (χ0v) is 10.6. The third-order valence-corrected chi connectivity index (χ3v) is 2.18. The lowest BCUT2D eigenvalue weighted by Crippen LogP contribution is -2.53. The number of nitrogens with one attached hydrogen (secondary N) is 3. The van der Waals surface area contributed by atoms with Crippen LogP contribution in [0.2, 0.25) is 0 Å². The van der Waals surface area contributed by atoms with Crippen molar-refractivity contribution >= 4 is 11.8 Å². The Kier molecular flexibility index (Phi) is 4.89. The van der Waals surface area contributed by atoms with Crippen molar-refractivity contribution in [1.29, 1.82) is 0 Å². The molecule has 0 aromatic heterocycles. The highest BCUT2D eigenvalue weighted by molar-refractivity contribution is 5.87. The number of carbonyl (C=O) groups is 2. The summed E-state index contributed by atoms with van der Waals surface area (Å²) in [6, 6.07) is -0.355. The molecule has 6 heteroatoms. The van der Waals surface area contributed by atoms with E-state index in [9.17, 15) is 9.59 Å². The third kappa shape index (κ3) is 5.65. The number of hydrogen-bond donors (Lipinski definition) is 3. The number of carbonyl (C=O) groups excluding carboxylic acids is 2. The molecule has 1 unspecified atom stereocenters. The Morgan fingerprint density at radius 2 is 2.12 bits per heavy atom. The van der Waals surface area contributed by atoms with Crippen LogP contribution < -0.4 is 16.0 Å². The second-order valence-electron chi connectivity index (χ2n) is 5.10. The molecule has 1 fully saturated rings. The Morgan fingerprint density at radius 1 is 1.41 bits per heavy atom. The SMILES string of the molecule is CC(C)(C)NC(=O)CNC(=O)C1COCCN1. The molecule has 1 aliphatic heterocycles. The second kappa shape index (κ2) is 5.97. The van der Waals surface area contributed by atoms with Crippen molar-refractivity contribution in [3.8, 4) is 0 Å². The smallest absolute Gasteiger partial charge is 0.239 e. The van der Waals surface area contributed by atoms with E-state index in [1.54, 1.807) is 0 Å². The average molecular weight is 243 g/mol. The van der Waals surface area contributed by atoms with Crippen LogP contribution in [0.5, 0.6) is 0 Å². The zero-order valence-electron chi connectivity index (χ0n) is 10.6. The lowest BCUT2D eigenvalue weighted by molar-refractivity contribution is -0.129. The fraction of sp³-hybridized carbons (Fsp3) is 0.818. The van der Waals surface area contributed by atoms with Gasteiger partial charge in [0.15, 0.2) is 0 Å². The van der Waals surface area contributed by atoms with E-state index in [1.807, 2.05) is 20.8 Å². The van der Waals surface area contributed by atoms with Gasteiger partial charge in [-0.15, -0.1) is 0 Å². The van der Waals surface area contributed by atoms with E-state index in [2.05, 4.69) is 16.0 Å². The van der Waals surface area contributed by atoms with Crippen LogP contribution in [-0.4, -0.2) is 49.7 Å². The molecule has 1 heterocycles. The van der Waals surface area contributed by atoms with Crippen molar-refractivity contribution in [3.63, 3.8) is 0 Å². The summed E-state index contributed by atoms with van der Waals surface area (Å²) in [6.07, 6.45) is 0. The molecule has 0 bridgehead atoms. The Labute approximate surface area is 101 Å². The highest BCUT2D eigenvalue weighted by Gasteiger charge is 2.22. The van der Waals surface area contributed by atoms with Gasteiger partial charge < -0.3 is 20.7 Å². The first-order chi connectivity index (χ1) is 7.88. The maximum absolute atomic E-state index is 11.6. The molecule has 0 spiro atoms. The average Bonchev–Trinajstić information content (AvgIpc) is 2.25. The minimum Gasteiger partial charge on any atom is -0.378 e. The van der Waals surface area contributed by atoms with E-state index in [4.69, 9.17) is 4.74 Å². The van der Waals surface area contributed by atoms with Gasteiger partial charge in [-0.05, 0) is 20.8 Å². The van der Waals surface area contributed by atoms with Gasteiger partial charge in [0.1, 0.15) is 6.04 Å². The first kappa shape index (κ1) is 13.9. The van der Waals surface area contributed by atoms with Gasteiger partial charge in [-0.2, -0.15) is 0 Å². The van der Waals surface area contributed by atoms with Crippen molar-refractivity contribution in [2.45, 2.75) is 32.4 Å². The Bertz CT molecular complexity index is 280. The predicted molar refractivity (Wildman–Crippen MR) is 63.5 cm³/mol. The molecule has 0 radical (unpaired) electrons. The summed E-state index contributed by atoms with van der Waals surface area (Å²) in [5, 5.41) is 8.38. The Hall–Kier alpha value is -1.14. The summed E-state index contributed by atoms with van der Waals surface area (Å²) in [6.45, 7) is 7.30. The van der Waals surface area contributed by atoms with Gasteiger partial charge in [0.2, 0.25) is 11.8 Å². The number of hydrogen-bond acceptors (Lipinski definition) is 4. The van der Waals surface area contributed by atoms with Gasteiger partial charge in [0.05, 0.1) is 19.8 Å². The monoisotopic (exact) mass is 243 g/mol. The maximum atomic E-state index is 11.6. The zero-order chi connectivity index (χ0) is 12.9. The van der Waals surface area contributed by atoms with Crippen LogP contribution in [0.15, 0.2) is 0 Å². The van der Waals surface area contributed by atoms with E-state index < -0.39 is 0 Å². The van der Waals surface area contributed by atoms with E-state index in [0.29, 0.717) is 19.8 Å². The van der Waals surface area contributed by atoms with Crippen LogP contribution in [0.25, 0.3) is 0 Å². The van der Waals surface area contributed by atoms with Crippen LogP contribution in [0.4, 0.5) is 0 Å². The van der Waals surface area contributed by atoms with Crippen LogP contribution >= 0.6 is 0 Å². The number of rotatable bonds is 3. The molecule has 2 amide bonds. The van der Waals surface area contributed by atoms with Crippen molar-refractivity contribution in [2.24, 2.45) is 0 Å². The molecule has 0 aromatic carbocycles. The molecule has 1 saturated heterocycles.